The van der Waals surface area contributed by atoms with Crippen molar-refractivity contribution in [1.82, 2.24) is 5.32 Å². The molecular weight excluding hydrogens is 360 g/mol. The van der Waals surface area contributed by atoms with Crippen LogP contribution in [0.2, 0.25) is 0 Å². The molecule has 0 fully saturated rings. The number of hydrogen-bond acceptors (Lipinski definition) is 3. The molecule has 4 rings (SSSR count). The Hall–Kier alpha value is -4.10. The van der Waals surface area contributed by atoms with Crippen molar-refractivity contribution in [1.29, 1.82) is 5.26 Å². The van der Waals surface area contributed by atoms with Gasteiger partial charge in [0.25, 0.3) is 5.91 Å². The van der Waals surface area contributed by atoms with Crippen LogP contribution in [-0.2, 0) is 0 Å². The first kappa shape index (κ1) is 18.3. The van der Waals surface area contributed by atoms with Crippen LogP contribution in [0.3, 0.4) is 0 Å². The maximum Gasteiger partial charge on any atom is 0.252 e. The van der Waals surface area contributed by atoms with Gasteiger partial charge in [-0.2, -0.15) is 5.26 Å². The Balaban J connectivity index is 1.81. The van der Waals surface area contributed by atoms with E-state index in [1.54, 1.807) is 30.3 Å². The van der Waals surface area contributed by atoms with E-state index in [1.165, 1.54) is 0 Å². The first-order valence-electron chi connectivity index (χ1n) is 9.24. The lowest BCUT2D eigenvalue weighted by molar-refractivity contribution is 0.0943. The molecular formula is C25H18N2O2. The van der Waals surface area contributed by atoms with E-state index in [9.17, 15) is 9.90 Å². The smallest absolute Gasteiger partial charge is 0.252 e. The van der Waals surface area contributed by atoms with E-state index < -0.39 is 6.04 Å². The number of carbonyl (C=O) groups is 1. The normalized spacial score (nSPS) is 11.6. The number of phenols is 1. The van der Waals surface area contributed by atoms with Gasteiger partial charge in [0.2, 0.25) is 0 Å². The van der Waals surface area contributed by atoms with Gasteiger partial charge in [0, 0.05) is 11.1 Å². The molecule has 4 aromatic carbocycles. The van der Waals surface area contributed by atoms with Gasteiger partial charge in [0.15, 0.2) is 0 Å². The summed E-state index contributed by atoms with van der Waals surface area (Å²) in [5, 5.41) is 24.6. The maximum atomic E-state index is 13.0. The Kier molecular flexibility index (Phi) is 4.96. The second-order valence-electron chi connectivity index (χ2n) is 6.73. The molecule has 2 N–H and O–H groups in total. The van der Waals surface area contributed by atoms with E-state index in [1.807, 2.05) is 66.7 Å². The number of nitriles is 1. The lowest BCUT2D eigenvalue weighted by Crippen LogP contribution is -2.29. The lowest BCUT2D eigenvalue weighted by Gasteiger charge is -2.22. The Labute approximate surface area is 168 Å². The number of benzene rings is 4. The molecule has 0 aliphatic carbocycles. The number of rotatable bonds is 4. The number of phenolic OH excluding ortho intramolecular Hbond substituents is 1. The zero-order valence-electron chi connectivity index (χ0n) is 15.5. The van der Waals surface area contributed by atoms with Gasteiger partial charge in [-0.25, -0.2) is 0 Å². The summed E-state index contributed by atoms with van der Waals surface area (Å²) in [6.45, 7) is 0. The summed E-state index contributed by atoms with van der Waals surface area (Å²) in [6.07, 6.45) is 0. The molecule has 0 bridgehead atoms. The Morgan fingerprint density at radius 3 is 2.28 bits per heavy atom. The average Bonchev–Trinajstić information content (AvgIpc) is 2.78. The SMILES string of the molecule is N#Cc1ccc(C(=O)NC(c2ccccc2)c2c(O)ccc3ccccc23)cc1. The molecule has 0 radical (unpaired) electrons. The largest absolute Gasteiger partial charge is 0.508 e. The van der Waals surface area contributed by atoms with Gasteiger partial charge in [-0.3, -0.25) is 4.79 Å². The highest BCUT2D eigenvalue weighted by Gasteiger charge is 2.23. The molecule has 0 spiro atoms. The van der Waals surface area contributed by atoms with Gasteiger partial charge in [-0.1, -0.05) is 60.7 Å². The Morgan fingerprint density at radius 1 is 0.862 bits per heavy atom. The van der Waals surface area contributed by atoms with Crippen molar-refractivity contribution in [2.24, 2.45) is 0 Å². The van der Waals surface area contributed by atoms with E-state index >= 15 is 0 Å². The summed E-state index contributed by atoms with van der Waals surface area (Å²) in [4.78, 5) is 13.0. The number of hydrogen-bond donors (Lipinski definition) is 2. The van der Waals surface area contributed by atoms with Crippen molar-refractivity contribution in [3.63, 3.8) is 0 Å². The van der Waals surface area contributed by atoms with Crippen molar-refractivity contribution in [3.05, 3.63) is 113 Å². The molecule has 4 nitrogen and oxygen atoms in total. The number of amides is 1. The summed E-state index contributed by atoms with van der Waals surface area (Å²) in [7, 11) is 0. The van der Waals surface area contributed by atoms with Gasteiger partial charge in [0.1, 0.15) is 5.75 Å². The third kappa shape index (κ3) is 3.67. The number of carbonyl (C=O) groups excluding carboxylic acids is 1. The van der Waals surface area contributed by atoms with E-state index in [-0.39, 0.29) is 11.7 Å². The molecule has 0 aliphatic rings. The first-order valence-corrected chi connectivity index (χ1v) is 9.24. The van der Waals surface area contributed by atoms with Crippen molar-refractivity contribution < 1.29 is 9.90 Å². The number of nitrogens with one attached hydrogen (secondary N) is 1. The standard InChI is InChI=1S/C25H18N2O2/c26-16-17-10-12-20(13-11-17)25(29)27-24(19-7-2-1-3-8-19)23-21-9-5-4-6-18(21)14-15-22(23)28/h1-15,24,28H,(H,27,29). The molecule has 0 saturated heterocycles. The van der Waals surface area contributed by atoms with Crippen molar-refractivity contribution in [2.75, 3.05) is 0 Å². The molecule has 0 saturated carbocycles. The van der Waals surface area contributed by atoms with Crippen LogP contribution < -0.4 is 5.32 Å². The Bertz CT molecular complexity index is 1210. The second kappa shape index (κ2) is 7.87. The maximum absolute atomic E-state index is 13.0. The summed E-state index contributed by atoms with van der Waals surface area (Å²) in [6, 6.07) is 28.8. The van der Waals surface area contributed by atoms with Crippen LogP contribution >= 0.6 is 0 Å². The number of aromatic hydroxyl groups is 1. The fourth-order valence-corrected chi connectivity index (χ4v) is 3.47. The molecule has 29 heavy (non-hydrogen) atoms. The molecule has 0 aromatic heterocycles. The van der Waals surface area contributed by atoms with Crippen LogP contribution in [0.1, 0.15) is 33.1 Å². The minimum atomic E-state index is -0.537. The molecule has 0 heterocycles. The van der Waals surface area contributed by atoms with Crippen LogP contribution in [-0.4, -0.2) is 11.0 Å². The van der Waals surface area contributed by atoms with Crippen LogP contribution in [0.4, 0.5) is 0 Å². The van der Waals surface area contributed by atoms with Crippen molar-refractivity contribution in [2.45, 2.75) is 6.04 Å². The van der Waals surface area contributed by atoms with Crippen molar-refractivity contribution >= 4 is 16.7 Å². The number of fused-ring (bicyclic) bond motifs is 1. The zero-order chi connectivity index (χ0) is 20.2. The molecule has 1 unspecified atom stereocenters. The van der Waals surface area contributed by atoms with Gasteiger partial charge in [0.05, 0.1) is 17.7 Å². The highest BCUT2D eigenvalue weighted by molar-refractivity contribution is 5.96. The average molecular weight is 378 g/mol. The third-order valence-corrected chi connectivity index (χ3v) is 4.92. The summed E-state index contributed by atoms with van der Waals surface area (Å²) >= 11 is 0. The van der Waals surface area contributed by atoms with E-state index in [0.29, 0.717) is 16.7 Å². The predicted octanol–water partition coefficient (Wildman–Crippen LogP) is 4.94. The fourth-order valence-electron chi connectivity index (χ4n) is 3.47. The molecule has 4 heteroatoms. The number of nitrogens with zero attached hydrogens (tertiary/aromatic N) is 1. The molecule has 4 aromatic rings. The van der Waals surface area contributed by atoms with Crippen LogP contribution in [0, 0.1) is 11.3 Å². The fraction of sp³-hybridized carbons (Fsp3) is 0.0400. The Morgan fingerprint density at radius 2 is 1.55 bits per heavy atom. The summed E-state index contributed by atoms with van der Waals surface area (Å²) < 4.78 is 0. The lowest BCUT2D eigenvalue weighted by atomic mass is 9.92. The molecule has 1 amide bonds. The zero-order valence-corrected chi connectivity index (χ0v) is 15.5. The first-order chi connectivity index (χ1) is 14.2. The van der Waals surface area contributed by atoms with Crippen LogP contribution in [0.5, 0.6) is 5.75 Å². The third-order valence-electron chi connectivity index (χ3n) is 4.92. The van der Waals surface area contributed by atoms with Gasteiger partial charge in [-0.05, 0) is 46.7 Å². The van der Waals surface area contributed by atoms with E-state index in [0.717, 1.165) is 16.3 Å². The second-order valence-corrected chi connectivity index (χ2v) is 6.73. The summed E-state index contributed by atoms with van der Waals surface area (Å²) in [5.74, 6) is -0.159. The molecule has 1 atom stereocenters. The van der Waals surface area contributed by atoms with Crippen molar-refractivity contribution in [3.8, 4) is 11.8 Å². The quantitative estimate of drug-likeness (QED) is 0.528. The minimum Gasteiger partial charge on any atom is -0.508 e. The van der Waals surface area contributed by atoms with Crippen LogP contribution in [0.25, 0.3) is 10.8 Å². The van der Waals surface area contributed by atoms with E-state index in [4.69, 9.17) is 5.26 Å². The molecule has 0 aliphatic heterocycles. The minimum absolute atomic E-state index is 0.123. The van der Waals surface area contributed by atoms with Crippen LogP contribution in [0.15, 0.2) is 91.0 Å². The molecule has 140 valence electrons. The topological polar surface area (TPSA) is 73.1 Å². The van der Waals surface area contributed by atoms with Gasteiger partial charge >= 0.3 is 0 Å². The van der Waals surface area contributed by atoms with Gasteiger partial charge in [-0.15, -0.1) is 0 Å². The monoisotopic (exact) mass is 378 g/mol. The predicted molar refractivity (Wildman–Crippen MR) is 113 cm³/mol. The van der Waals surface area contributed by atoms with E-state index in [2.05, 4.69) is 5.32 Å². The highest BCUT2D eigenvalue weighted by Crippen LogP contribution is 2.36. The highest BCUT2D eigenvalue weighted by atomic mass is 16.3. The summed E-state index contributed by atoms with van der Waals surface area (Å²) in [5.41, 5.74) is 2.45. The van der Waals surface area contributed by atoms with Gasteiger partial charge < -0.3 is 10.4 Å².